The maximum atomic E-state index is 5.68. The Morgan fingerprint density at radius 2 is 1.50 bits per heavy atom. The monoisotopic (exact) mass is 134 g/mol. The maximum absolute atomic E-state index is 5.68. The van der Waals surface area contributed by atoms with Gasteiger partial charge in [0.15, 0.2) is 0 Å². The second-order valence-electron chi connectivity index (χ2n) is 2.99. The lowest BCUT2D eigenvalue weighted by Gasteiger charge is -1.99. The molecule has 0 aromatic rings. The Kier molecular flexibility index (Phi) is 0.951. The lowest BCUT2D eigenvalue weighted by molar-refractivity contribution is 0.616. The molecule has 1 rings (SSSR count). The van der Waals surface area contributed by atoms with Crippen LogP contribution in [0.15, 0.2) is 0 Å². The highest BCUT2D eigenvalue weighted by Gasteiger charge is 2.63. The average Bonchev–Trinajstić information content (AvgIpc) is 1.88. The highest BCUT2D eigenvalue weighted by atomic mass is 35.5. The van der Waals surface area contributed by atoms with E-state index < -0.39 is 0 Å². The Balaban J connectivity index is 2.72. The van der Waals surface area contributed by atoms with Crippen molar-refractivity contribution < 1.29 is 0 Å². The highest BCUT2D eigenvalue weighted by molar-refractivity contribution is 6.16. The smallest absolute Gasteiger partial charge is 0.100 e. The molecule has 2 unspecified atom stereocenters. The molecule has 0 aromatic heterocycles. The summed E-state index contributed by atoms with van der Waals surface area (Å²) in [5.41, 5.74) is 5.36. The molecule has 0 saturated carbocycles. The summed E-state index contributed by atoms with van der Waals surface area (Å²) in [6.45, 7) is 5.94. The number of rotatable bonds is 0. The second kappa shape index (κ2) is 1.20. The van der Waals surface area contributed by atoms with Gasteiger partial charge in [0.1, 0.15) is 5.66 Å². The first-order chi connectivity index (χ1) is 3.40. The van der Waals surface area contributed by atoms with Crippen LogP contribution in [-0.4, -0.2) is 15.6 Å². The standard InChI is InChI=1S/C5H11ClN2/c1-4(2)5(3,7)8(4)6/h7H2,1-3H3. The Morgan fingerprint density at radius 1 is 1.38 bits per heavy atom. The van der Waals surface area contributed by atoms with Gasteiger partial charge in [-0.3, -0.25) is 0 Å². The van der Waals surface area contributed by atoms with Crippen LogP contribution in [0.3, 0.4) is 0 Å². The predicted octanol–water partition coefficient (Wildman–Crippen LogP) is 0.909. The highest BCUT2D eigenvalue weighted by Crippen LogP contribution is 2.48. The number of nitrogens with two attached hydrogens (primary N) is 1. The zero-order valence-electron chi connectivity index (χ0n) is 5.40. The number of hydrogen-bond donors (Lipinski definition) is 1. The molecule has 1 aliphatic heterocycles. The van der Waals surface area contributed by atoms with Gasteiger partial charge >= 0.3 is 0 Å². The van der Waals surface area contributed by atoms with E-state index in [-0.39, 0.29) is 11.2 Å². The number of nitrogens with zero attached hydrogens (tertiary/aromatic N) is 1. The number of hydrogen-bond acceptors (Lipinski definition) is 2. The molecule has 2 atom stereocenters. The Bertz CT molecular complexity index is 106. The topological polar surface area (TPSA) is 29.0 Å². The summed E-state index contributed by atoms with van der Waals surface area (Å²) in [7, 11) is 0. The first kappa shape index (κ1) is 6.33. The van der Waals surface area contributed by atoms with Crippen LogP contribution in [0.1, 0.15) is 20.8 Å². The second-order valence-corrected chi connectivity index (χ2v) is 3.33. The van der Waals surface area contributed by atoms with Crippen molar-refractivity contribution in [3.63, 3.8) is 0 Å². The molecule has 1 heterocycles. The summed E-state index contributed by atoms with van der Waals surface area (Å²) in [6.07, 6.45) is 0. The van der Waals surface area contributed by atoms with Crippen molar-refractivity contribution in [3.05, 3.63) is 0 Å². The summed E-state index contributed by atoms with van der Waals surface area (Å²) in [4.78, 5) is 0. The summed E-state index contributed by atoms with van der Waals surface area (Å²) < 4.78 is 1.62. The largest absolute Gasteiger partial charge is 0.311 e. The quantitative estimate of drug-likeness (QED) is 0.394. The lowest BCUT2D eigenvalue weighted by Crippen LogP contribution is -2.27. The van der Waals surface area contributed by atoms with Gasteiger partial charge in [0.2, 0.25) is 0 Å². The van der Waals surface area contributed by atoms with Gasteiger partial charge < -0.3 is 5.73 Å². The van der Waals surface area contributed by atoms with Gasteiger partial charge in [-0.1, -0.05) is 0 Å². The molecular weight excluding hydrogens is 124 g/mol. The molecular formula is C5H11ClN2. The van der Waals surface area contributed by atoms with Crippen molar-refractivity contribution in [2.75, 3.05) is 0 Å². The van der Waals surface area contributed by atoms with Crippen LogP contribution in [0.5, 0.6) is 0 Å². The third kappa shape index (κ3) is 0.457. The molecule has 0 spiro atoms. The van der Waals surface area contributed by atoms with Gasteiger partial charge in [0.25, 0.3) is 0 Å². The van der Waals surface area contributed by atoms with Gasteiger partial charge in [-0.2, -0.15) is 4.42 Å². The zero-order chi connectivity index (χ0) is 6.58. The van der Waals surface area contributed by atoms with E-state index >= 15 is 0 Å². The van der Waals surface area contributed by atoms with Crippen molar-refractivity contribution in [1.82, 2.24) is 4.42 Å². The molecule has 2 nitrogen and oxygen atoms in total. The molecule has 0 bridgehead atoms. The van der Waals surface area contributed by atoms with Gasteiger partial charge in [0, 0.05) is 0 Å². The van der Waals surface area contributed by atoms with E-state index in [0.29, 0.717) is 0 Å². The van der Waals surface area contributed by atoms with Crippen LogP contribution in [0, 0.1) is 0 Å². The molecule has 1 fully saturated rings. The summed E-state index contributed by atoms with van der Waals surface area (Å²) >= 11 is 5.68. The normalized spacial score (nSPS) is 51.4. The van der Waals surface area contributed by atoms with E-state index in [1.165, 1.54) is 0 Å². The minimum absolute atomic E-state index is 0.0193. The van der Waals surface area contributed by atoms with Crippen molar-refractivity contribution in [2.45, 2.75) is 32.0 Å². The van der Waals surface area contributed by atoms with E-state index in [4.69, 9.17) is 17.5 Å². The third-order valence-electron chi connectivity index (χ3n) is 2.09. The van der Waals surface area contributed by atoms with Gasteiger partial charge in [-0.25, -0.2) is 0 Å². The van der Waals surface area contributed by atoms with E-state index in [1.54, 1.807) is 4.42 Å². The first-order valence-corrected chi connectivity index (χ1v) is 2.99. The Morgan fingerprint density at radius 3 is 1.50 bits per heavy atom. The molecule has 8 heavy (non-hydrogen) atoms. The molecule has 2 N–H and O–H groups in total. The fraction of sp³-hybridized carbons (Fsp3) is 1.00. The third-order valence-corrected chi connectivity index (χ3v) is 2.86. The Hall–Kier alpha value is 0.210. The van der Waals surface area contributed by atoms with Crippen LogP contribution in [0.4, 0.5) is 0 Å². The van der Waals surface area contributed by atoms with Crippen LogP contribution < -0.4 is 5.73 Å². The number of halogens is 1. The van der Waals surface area contributed by atoms with Crippen molar-refractivity contribution >= 4 is 11.8 Å². The van der Waals surface area contributed by atoms with Crippen molar-refractivity contribution in [3.8, 4) is 0 Å². The first-order valence-electron chi connectivity index (χ1n) is 2.65. The molecule has 0 aromatic carbocycles. The minimum atomic E-state index is -0.297. The molecule has 0 amide bonds. The molecule has 0 radical (unpaired) electrons. The van der Waals surface area contributed by atoms with E-state index in [9.17, 15) is 0 Å². The predicted molar refractivity (Wildman–Crippen MR) is 34.4 cm³/mol. The summed E-state index contributed by atoms with van der Waals surface area (Å²) in [5, 5.41) is 0. The van der Waals surface area contributed by atoms with Crippen LogP contribution in [0.2, 0.25) is 0 Å². The molecule has 48 valence electrons. The molecule has 1 aliphatic rings. The van der Waals surface area contributed by atoms with Gasteiger partial charge in [0.05, 0.1) is 5.54 Å². The molecule has 0 aliphatic carbocycles. The fourth-order valence-electron chi connectivity index (χ4n) is 0.723. The van der Waals surface area contributed by atoms with Crippen LogP contribution in [-0.2, 0) is 0 Å². The van der Waals surface area contributed by atoms with Crippen LogP contribution >= 0.6 is 11.8 Å². The summed E-state index contributed by atoms with van der Waals surface area (Å²) in [5.74, 6) is 0. The van der Waals surface area contributed by atoms with E-state index in [0.717, 1.165) is 0 Å². The molecule has 3 heteroatoms. The maximum Gasteiger partial charge on any atom is 0.100 e. The minimum Gasteiger partial charge on any atom is -0.311 e. The Labute approximate surface area is 54.7 Å². The van der Waals surface area contributed by atoms with Crippen molar-refractivity contribution in [2.24, 2.45) is 5.73 Å². The van der Waals surface area contributed by atoms with Crippen molar-refractivity contribution in [1.29, 1.82) is 0 Å². The lowest BCUT2D eigenvalue weighted by atomic mass is 10.1. The van der Waals surface area contributed by atoms with E-state index in [1.807, 2.05) is 20.8 Å². The van der Waals surface area contributed by atoms with E-state index in [2.05, 4.69) is 0 Å². The molecule has 1 saturated heterocycles. The van der Waals surface area contributed by atoms with Gasteiger partial charge in [-0.15, -0.1) is 0 Å². The average molecular weight is 135 g/mol. The zero-order valence-corrected chi connectivity index (χ0v) is 6.16. The summed E-state index contributed by atoms with van der Waals surface area (Å²) in [6, 6.07) is 0. The fourth-order valence-corrected chi connectivity index (χ4v) is 1.06. The SMILES string of the molecule is CC1(C)N(Cl)C1(C)N. The van der Waals surface area contributed by atoms with Gasteiger partial charge in [-0.05, 0) is 32.5 Å². The van der Waals surface area contributed by atoms with Crippen LogP contribution in [0.25, 0.3) is 0 Å².